The van der Waals surface area contributed by atoms with E-state index in [4.69, 9.17) is 11.6 Å². The first-order valence-corrected chi connectivity index (χ1v) is 8.78. The fraction of sp³-hybridized carbons (Fsp3) is 0.556. The number of hydrogen-bond acceptors (Lipinski definition) is 3. The zero-order valence-corrected chi connectivity index (χ0v) is 16.4. The Morgan fingerprint density at radius 2 is 2.04 bits per heavy atom. The molecule has 2 heterocycles. The Morgan fingerprint density at radius 3 is 2.60 bits per heavy atom. The number of halogens is 2. The second kappa shape index (κ2) is 7.94. The number of carbonyl (C=O) groups is 2. The van der Waals surface area contributed by atoms with E-state index in [1.54, 1.807) is 19.0 Å². The van der Waals surface area contributed by atoms with Crippen LogP contribution in [0.5, 0.6) is 0 Å². The lowest BCUT2D eigenvalue weighted by atomic mass is 9.88. The lowest BCUT2D eigenvalue weighted by Gasteiger charge is -2.34. The molecule has 2 unspecified atom stereocenters. The van der Waals surface area contributed by atoms with Gasteiger partial charge in [0.1, 0.15) is 0 Å². The molecule has 0 aromatic heterocycles. The van der Waals surface area contributed by atoms with E-state index in [-0.39, 0.29) is 36.1 Å². The van der Waals surface area contributed by atoms with Crippen LogP contribution in [0.4, 0.5) is 5.69 Å². The maximum atomic E-state index is 13.0. The third-order valence-corrected chi connectivity index (χ3v) is 5.45. The van der Waals surface area contributed by atoms with Gasteiger partial charge in [0.15, 0.2) is 0 Å². The predicted molar refractivity (Wildman–Crippen MR) is 103 cm³/mol. The first-order valence-electron chi connectivity index (χ1n) is 8.40. The molecule has 3 rings (SSSR count). The lowest BCUT2D eigenvalue weighted by molar-refractivity contribution is -0.129. The van der Waals surface area contributed by atoms with Gasteiger partial charge >= 0.3 is 0 Å². The molecule has 5 nitrogen and oxygen atoms in total. The summed E-state index contributed by atoms with van der Waals surface area (Å²) in [7, 11) is 3.51. The Labute approximate surface area is 160 Å². The molecule has 0 bridgehead atoms. The molecule has 1 saturated heterocycles. The van der Waals surface area contributed by atoms with Crippen LogP contribution >= 0.6 is 24.0 Å². The summed E-state index contributed by atoms with van der Waals surface area (Å²) in [5.41, 5.74) is 1.91. The van der Waals surface area contributed by atoms with E-state index < -0.39 is 0 Å². The molecule has 1 N–H and O–H groups in total. The van der Waals surface area contributed by atoms with Gasteiger partial charge < -0.3 is 15.1 Å². The second-order valence-electron chi connectivity index (χ2n) is 7.05. The van der Waals surface area contributed by atoms with Crippen LogP contribution in [0, 0.1) is 11.8 Å². The van der Waals surface area contributed by atoms with E-state index in [9.17, 15) is 9.59 Å². The zero-order chi connectivity index (χ0) is 17.4. The highest BCUT2D eigenvalue weighted by Crippen LogP contribution is 2.41. The molecule has 2 aliphatic rings. The van der Waals surface area contributed by atoms with Crippen molar-refractivity contribution >= 4 is 41.5 Å². The number of nitrogens with zero attached hydrogens (tertiary/aromatic N) is 2. The molecular weight excluding hydrogens is 361 g/mol. The van der Waals surface area contributed by atoms with E-state index in [1.165, 1.54) is 0 Å². The Kier molecular flexibility index (Phi) is 6.35. The monoisotopic (exact) mass is 385 g/mol. The molecule has 0 spiro atoms. The van der Waals surface area contributed by atoms with Crippen LogP contribution < -0.4 is 10.2 Å². The van der Waals surface area contributed by atoms with Crippen LogP contribution in [0.15, 0.2) is 18.2 Å². The highest BCUT2D eigenvalue weighted by Gasteiger charge is 2.38. The molecule has 0 saturated carbocycles. The van der Waals surface area contributed by atoms with Crippen molar-refractivity contribution in [2.24, 2.45) is 11.8 Å². The van der Waals surface area contributed by atoms with Gasteiger partial charge in [-0.15, -0.1) is 12.4 Å². The molecule has 2 aliphatic heterocycles. The topological polar surface area (TPSA) is 52.7 Å². The van der Waals surface area contributed by atoms with Gasteiger partial charge in [-0.2, -0.15) is 0 Å². The van der Waals surface area contributed by atoms with Crippen molar-refractivity contribution < 1.29 is 9.59 Å². The number of fused-ring (bicyclic) bond motifs is 1. The van der Waals surface area contributed by atoms with Crippen molar-refractivity contribution in [3.8, 4) is 0 Å². The van der Waals surface area contributed by atoms with Gasteiger partial charge in [0.2, 0.25) is 11.8 Å². The van der Waals surface area contributed by atoms with Crippen molar-refractivity contribution in [1.29, 1.82) is 0 Å². The fourth-order valence-electron chi connectivity index (χ4n) is 3.40. The highest BCUT2D eigenvalue weighted by atomic mass is 35.5. The van der Waals surface area contributed by atoms with E-state index in [2.05, 4.69) is 5.32 Å². The molecule has 2 atom stereocenters. The van der Waals surface area contributed by atoms with Gasteiger partial charge in [-0.3, -0.25) is 9.59 Å². The molecular formula is C18H25Cl2N3O2. The minimum absolute atomic E-state index is 0. The molecule has 7 heteroatoms. The number of anilines is 1. The SMILES string of the molecule is CC(C(=O)N1CC(CC(=O)N(C)C)c2cc(Cl)ccc21)C1CNC1.Cl. The van der Waals surface area contributed by atoms with Gasteiger partial charge in [-0.25, -0.2) is 0 Å². The first-order chi connectivity index (χ1) is 11.4. The number of carbonyl (C=O) groups excluding carboxylic acids is 2. The van der Waals surface area contributed by atoms with Gasteiger partial charge in [-0.1, -0.05) is 18.5 Å². The van der Waals surface area contributed by atoms with Crippen molar-refractivity contribution in [3.05, 3.63) is 28.8 Å². The van der Waals surface area contributed by atoms with Crippen molar-refractivity contribution in [1.82, 2.24) is 10.2 Å². The summed E-state index contributed by atoms with van der Waals surface area (Å²) in [6, 6.07) is 5.61. The fourth-order valence-corrected chi connectivity index (χ4v) is 3.58. The van der Waals surface area contributed by atoms with Crippen molar-refractivity contribution in [3.63, 3.8) is 0 Å². The first kappa shape index (κ1) is 20.0. The van der Waals surface area contributed by atoms with Crippen LogP contribution in [0.25, 0.3) is 0 Å². The summed E-state index contributed by atoms with van der Waals surface area (Å²) >= 11 is 6.15. The maximum absolute atomic E-state index is 13.0. The summed E-state index contributed by atoms with van der Waals surface area (Å²) in [6.07, 6.45) is 0.392. The van der Waals surface area contributed by atoms with E-state index in [0.29, 0.717) is 23.9 Å². The molecule has 1 aromatic rings. The van der Waals surface area contributed by atoms with Gasteiger partial charge in [0.25, 0.3) is 0 Å². The summed E-state index contributed by atoms with van der Waals surface area (Å²) in [5.74, 6) is 0.597. The quantitative estimate of drug-likeness (QED) is 0.865. The third kappa shape index (κ3) is 3.94. The van der Waals surface area contributed by atoms with Gasteiger partial charge in [0.05, 0.1) is 0 Å². The third-order valence-electron chi connectivity index (χ3n) is 5.22. The highest BCUT2D eigenvalue weighted by molar-refractivity contribution is 6.30. The number of rotatable bonds is 4. The van der Waals surface area contributed by atoms with E-state index in [0.717, 1.165) is 24.3 Å². The standard InChI is InChI=1S/C18H24ClN3O2.ClH/c1-11(13-8-20-9-13)18(24)22-10-12(6-17(23)21(2)3)15-7-14(19)4-5-16(15)22;/h4-5,7,11-13,20H,6,8-10H2,1-3H3;1H. The van der Waals surface area contributed by atoms with Crippen LogP contribution in [0.3, 0.4) is 0 Å². The van der Waals surface area contributed by atoms with E-state index >= 15 is 0 Å². The predicted octanol–water partition coefficient (Wildman–Crippen LogP) is 2.53. The average Bonchev–Trinajstić information content (AvgIpc) is 2.82. The Bertz CT molecular complexity index is 662. The van der Waals surface area contributed by atoms with Crippen LogP contribution in [-0.4, -0.2) is 50.4 Å². The lowest BCUT2D eigenvalue weighted by Crippen LogP contribution is -2.50. The van der Waals surface area contributed by atoms with Crippen LogP contribution in [0.1, 0.15) is 24.8 Å². The second-order valence-corrected chi connectivity index (χ2v) is 7.48. The molecule has 1 aromatic carbocycles. The Morgan fingerprint density at radius 1 is 1.36 bits per heavy atom. The van der Waals surface area contributed by atoms with Crippen LogP contribution in [0.2, 0.25) is 5.02 Å². The zero-order valence-electron chi connectivity index (χ0n) is 14.8. The molecule has 2 amide bonds. The number of nitrogens with one attached hydrogen (secondary N) is 1. The summed E-state index contributed by atoms with van der Waals surface area (Å²) in [5, 5.41) is 3.86. The van der Waals surface area contributed by atoms with Crippen molar-refractivity contribution in [2.75, 3.05) is 38.6 Å². The largest absolute Gasteiger partial charge is 0.349 e. The summed E-state index contributed by atoms with van der Waals surface area (Å²) < 4.78 is 0. The molecule has 25 heavy (non-hydrogen) atoms. The molecule has 0 radical (unpaired) electrons. The number of amides is 2. The maximum Gasteiger partial charge on any atom is 0.230 e. The van der Waals surface area contributed by atoms with E-state index in [1.807, 2.05) is 30.0 Å². The molecule has 1 fully saturated rings. The van der Waals surface area contributed by atoms with Gasteiger partial charge in [-0.05, 0) is 42.8 Å². The number of hydrogen-bond donors (Lipinski definition) is 1. The minimum atomic E-state index is -0.0157. The van der Waals surface area contributed by atoms with Crippen LogP contribution in [-0.2, 0) is 9.59 Å². The number of benzene rings is 1. The average molecular weight is 386 g/mol. The normalized spacial score (nSPS) is 20.3. The summed E-state index contributed by atoms with van der Waals surface area (Å²) in [4.78, 5) is 28.6. The summed E-state index contributed by atoms with van der Waals surface area (Å²) in [6.45, 7) is 4.36. The molecule has 0 aliphatic carbocycles. The van der Waals surface area contributed by atoms with Crippen molar-refractivity contribution in [2.45, 2.75) is 19.3 Å². The minimum Gasteiger partial charge on any atom is -0.349 e. The Balaban J connectivity index is 0.00000225. The smallest absolute Gasteiger partial charge is 0.230 e. The molecule has 138 valence electrons. The Hall–Kier alpha value is -1.30. The van der Waals surface area contributed by atoms with Gasteiger partial charge in [0, 0.05) is 49.6 Å².